The summed E-state index contributed by atoms with van der Waals surface area (Å²) in [5, 5.41) is 12.0. The fraction of sp³-hybridized carbons (Fsp3) is 0.421. The predicted octanol–water partition coefficient (Wildman–Crippen LogP) is 2.78. The number of carboxylic acids is 1. The van der Waals surface area contributed by atoms with Crippen molar-refractivity contribution in [2.75, 3.05) is 0 Å². The van der Waals surface area contributed by atoms with Crippen LogP contribution in [0.15, 0.2) is 30.5 Å². The van der Waals surface area contributed by atoms with Gasteiger partial charge in [-0.3, -0.25) is 9.78 Å². The molecule has 1 amide bonds. The van der Waals surface area contributed by atoms with Crippen molar-refractivity contribution in [3.8, 4) is 0 Å². The van der Waals surface area contributed by atoms with E-state index in [4.69, 9.17) is 0 Å². The van der Waals surface area contributed by atoms with Crippen molar-refractivity contribution in [1.82, 2.24) is 14.9 Å². The van der Waals surface area contributed by atoms with E-state index in [9.17, 15) is 14.7 Å². The van der Waals surface area contributed by atoms with Gasteiger partial charge in [0.15, 0.2) is 0 Å². The highest BCUT2D eigenvalue weighted by molar-refractivity contribution is 5.97. The molecule has 0 bridgehead atoms. The molecule has 0 aliphatic carbocycles. The summed E-state index contributed by atoms with van der Waals surface area (Å²) in [6, 6.07) is 6.63. The maximum Gasteiger partial charge on any atom is 0.326 e. The number of carboxylic acid groups (broad SMARTS) is 1. The molecule has 0 aliphatic heterocycles. The Hall–Kier alpha value is -2.63. The van der Waals surface area contributed by atoms with Crippen LogP contribution in [0.4, 0.5) is 0 Å². The van der Waals surface area contributed by atoms with Crippen molar-refractivity contribution >= 4 is 11.9 Å². The van der Waals surface area contributed by atoms with Crippen LogP contribution in [-0.2, 0) is 11.3 Å². The maximum atomic E-state index is 12.6. The molecule has 0 saturated heterocycles. The van der Waals surface area contributed by atoms with Crippen LogP contribution < -0.4 is 5.32 Å². The number of nitrogens with zero attached hydrogens (tertiary/aromatic N) is 2. The second-order valence-corrected chi connectivity index (χ2v) is 6.69. The zero-order chi connectivity index (χ0) is 18.6. The monoisotopic (exact) mass is 343 g/mol. The van der Waals surface area contributed by atoms with Crippen molar-refractivity contribution in [3.05, 3.63) is 53.1 Å². The highest BCUT2D eigenvalue weighted by Crippen LogP contribution is 2.17. The number of hydrogen-bond donors (Lipinski definition) is 2. The molecule has 0 fully saturated rings. The van der Waals surface area contributed by atoms with E-state index in [1.165, 1.54) is 0 Å². The van der Waals surface area contributed by atoms with E-state index in [0.29, 0.717) is 18.5 Å². The van der Waals surface area contributed by atoms with E-state index in [1.807, 2.05) is 50.5 Å². The number of aromatic nitrogens is 2. The average Bonchev–Trinajstić information content (AvgIpc) is 2.83. The van der Waals surface area contributed by atoms with Gasteiger partial charge < -0.3 is 15.0 Å². The molecule has 2 aromatic heterocycles. The fourth-order valence-electron chi connectivity index (χ4n) is 2.86. The first-order valence-electron chi connectivity index (χ1n) is 8.40. The first kappa shape index (κ1) is 18.7. The standard InChI is InChI=1S/C19H25N3O3/c1-12(2)9-17(19(24)25)21-18(23)16-10-13(3)22(14(16)4)11-15-7-5-6-8-20-15/h5-8,10,12,17H,9,11H2,1-4H3,(H,21,23)(H,24,25)/t17-/m0/s1. The first-order chi connectivity index (χ1) is 11.8. The number of amides is 1. The number of pyridine rings is 1. The Morgan fingerprint density at radius 2 is 2.00 bits per heavy atom. The van der Waals surface area contributed by atoms with Crippen molar-refractivity contribution in [1.29, 1.82) is 0 Å². The normalized spacial score (nSPS) is 12.2. The Balaban J connectivity index is 2.20. The topological polar surface area (TPSA) is 84.2 Å². The molecule has 0 aromatic carbocycles. The van der Waals surface area contributed by atoms with Gasteiger partial charge >= 0.3 is 5.97 Å². The molecule has 0 radical (unpaired) electrons. The number of rotatable bonds is 7. The fourth-order valence-corrected chi connectivity index (χ4v) is 2.86. The zero-order valence-electron chi connectivity index (χ0n) is 15.1. The molecule has 6 heteroatoms. The van der Waals surface area contributed by atoms with Gasteiger partial charge in [0.2, 0.25) is 0 Å². The Bertz CT molecular complexity index is 751. The third-order valence-corrected chi connectivity index (χ3v) is 4.18. The van der Waals surface area contributed by atoms with Crippen molar-refractivity contribution < 1.29 is 14.7 Å². The lowest BCUT2D eigenvalue weighted by Gasteiger charge is -2.16. The number of carbonyl (C=O) groups excluding carboxylic acids is 1. The Kier molecular flexibility index (Phi) is 5.96. The minimum Gasteiger partial charge on any atom is -0.480 e. The molecule has 2 rings (SSSR count). The van der Waals surface area contributed by atoms with Gasteiger partial charge in [0.05, 0.1) is 17.8 Å². The number of nitrogens with one attached hydrogen (secondary N) is 1. The lowest BCUT2D eigenvalue weighted by atomic mass is 10.0. The van der Waals surface area contributed by atoms with E-state index in [2.05, 4.69) is 10.3 Å². The van der Waals surface area contributed by atoms with Crippen LogP contribution in [-0.4, -0.2) is 32.6 Å². The Labute approximate surface area is 147 Å². The SMILES string of the molecule is Cc1cc(C(=O)N[C@@H](CC(C)C)C(=O)O)c(C)n1Cc1ccccn1. The summed E-state index contributed by atoms with van der Waals surface area (Å²) in [5.74, 6) is -1.18. The summed E-state index contributed by atoms with van der Waals surface area (Å²) in [5.41, 5.74) is 3.14. The highest BCUT2D eigenvalue weighted by Gasteiger charge is 2.24. The Morgan fingerprint density at radius 3 is 2.56 bits per heavy atom. The van der Waals surface area contributed by atoms with Crippen LogP contribution in [0.1, 0.15) is 47.7 Å². The van der Waals surface area contributed by atoms with Gasteiger partial charge in [-0.1, -0.05) is 19.9 Å². The van der Waals surface area contributed by atoms with E-state index in [0.717, 1.165) is 17.1 Å². The van der Waals surface area contributed by atoms with Gasteiger partial charge in [0.25, 0.3) is 5.91 Å². The van der Waals surface area contributed by atoms with Crippen molar-refractivity contribution in [2.24, 2.45) is 5.92 Å². The molecule has 25 heavy (non-hydrogen) atoms. The van der Waals surface area contributed by atoms with E-state index in [-0.39, 0.29) is 11.8 Å². The minimum absolute atomic E-state index is 0.179. The van der Waals surface area contributed by atoms with E-state index >= 15 is 0 Å². The molecule has 2 N–H and O–H groups in total. The third-order valence-electron chi connectivity index (χ3n) is 4.18. The van der Waals surface area contributed by atoms with Gasteiger partial charge in [0, 0.05) is 17.6 Å². The van der Waals surface area contributed by atoms with Gasteiger partial charge in [-0.25, -0.2) is 4.79 Å². The van der Waals surface area contributed by atoms with Crippen LogP contribution in [0.3, 0.4) is 0 Å². The molecular weight excluding hydrogens is 318 g/mol. The lowest BCUT2D eigenvalue weighted by Crippen LogP contribution is -2.41. The molecule has 0 spiro atoms. The van der Waals surface area contributed by atoms with Gasteiger partial charge in [-0.15, -0.1) is 0 Å². The van der Waals surface area contributed by atoms with Crippen LogP contribution in [0, 0.1) is 19.8 Å². The molecule has 134 valence electrons. The summed E-state index contributed by atoms with van der Waals surface area (Å²) in [6.07, 6.45) is 2.13. The number of aliphatic carboxylic acids is 1. The molecular formula is C19H25N3O3. The first-order valence-corrected chi connectivity index (χ1v) is 8.40. The van der Waals surface area contributed by atoms with Crippen LogP contribution >= 0.6 is 0 Å². The van der Waals surface area contributed by atoms with Crippen molar-refractivity contribution in [3.63, 3.8) is 0 Å². The number of hydrogen-bond acceptors (Lipinski definition) is 3. The minimum atomic E-state index is -1.01. The third kappa shape index (κ3) is 4.68. The molecule has 0 saturated carbocycles. The molecule has 6 nitrogen and oxygen atoms in total. The van der Waals surface area contributed by atoms with Crippen LogP contribution in [0.2, 0.25) is 0 Å². The van der Waals surface area contributed by atoms with Gasteiger partial charge in [-0.05, 0) is 44.4 Å². The van der Waals surface area contributed by atoms with Crippen LogP contribution in [0.25, 0.3) is 0 Å². The summed E-state index contributed by atoms with van der Waals surface area (Å²) < 4.78 is 2.01. The van der Waals surface area contributed by atoms with Crippen LogP contribution in [0.5, 0.6) is 0 Å². The molecule has 2 aromatic rings. The highest BCUT2D eigenvalue weighted by atomic mass is 16.4. The second kappa shape index (κ2) is 7.96. The largest absolute Gasteiger partial charge is 0.480 e. The summed E-state index contributed by atoms with van der Waals surface area (Å²) in [6.45, 7) is 8.22. The number of carbonyl (C=O) groups is 2. The average molecular weight is 343 g/mol. The van der Waals surface area contributed by atoms with E-state index < -0.39 is 12.0 Å². The number of aryl methyl sites for hydroxylation is 1. The van der Waals surface area contributed by atoms with Gasteiger partial charge in [-0.2, -0.15) is 0 Å². The molecule has 0 unspecified atom stereocenters. The lowest BCUT2D eigenvalue weighted by molar-refractivity contribution is -0.139. The summed E-state index contributed by atoms with van der Waals surface area (Å²) in [4.78, 5) is 28.3. The second-order valence-electron chi connectivity index (χ2n) is 6.69. The Morgan fingerprint density at radius 1 is 1.28 bits per heavy atom. The van der Waals surface area contributed by atoms with Crippen molar-refractivity contribution in [2.45, 2.75) is 46.7 Å². The maximum absolute atomic E-state index is 12.6. The van der Waals surface area contributed by atoms with Gasteiger partial charge in [0.1, 0.15) is 6.04 Å². The summed E-state index contributed by atoms with van der Waals surface area (Å²) in [7, 11) is 0. The summed E-state index contributed by atoms with van der Waals surface area (Å²) >= 11 is 0. The molecule has 2 heterocycles. The molecule has 0 aliphatic rings. The smallest absolute Gasteiger partial charge is 0.326 e. The predicted molar refractivity (Wildman–Crippen MR) is 95.6 cm³/mol. The quantitative estimate of drug-likeness (QED) is 0.809. The molecule has 1 atom stereocenters. The van der Waals surface area contributed by atoms with E-state index in [1.54, 1.807) is 12.3 Å². The zero-order valence-corrected chi connectivity index (χ0v) is 15.1.